The van der Waals surface area contributed by atoms with Gasteiger partial charge in [-0.3, -0.25) is 4.79 Å². The highest BCUT2D eigenvalue weighted by Gasteiger charge is 2.16. The molecule has 0 bridgehead atoms. The van der Waals surface area contributed by atoms with E-state index in [1.807, 2.05) is 11.0 Å². The van der Waals surface area contributed by atoms with E-state index in [9.17, 15) is 13.2 Å². The van der Waals surface area contributed by atoms with Gasteiger partial charge < -0.3 is 9.08 Å². The summed E-state index contributed by atoms with van der Waals surface area (Å²) in [6.07, 6.45) is 9.90. The molecule has 0 aliphatic rings. The number of rotatable bonds is 14. The SMILES string of the molecule is CCCCCCCCCC(=O)N(Cc1cccc(OS(C)(=O)=O)c1)CC(C)C. The van der Waals surface area contributed by atoms with Gasteiger partial charge in [-0.05, 0) is 30.0 Å². The molecule has 1 aromatic carbocycles. The molecule has 0 heterocycles. The van der Waals surface area contributed by atoms with Crippen molar-refractivity contribution < 1.29 is 17.4 Å². The standard InChI is InChI=1S/C22H37NO4S/c1-5-6-7-8-9-10-11-15-22(24)23(17-19(2)3)18-20-13-12-14-21(16-20)27-28(4,25)26/h12-14,16,19H,5-11,15,17-18H2,1-4H3. The second-order valence-electron chi connectivity index (χ2n) is 7.97. The van der Waals surface area contributed by atoms with Crippen LogP contribution in [0.1, 0.15) is 77.7 Å². The molecular formula is C22H37NO4S. The van der Waals surface area contributed by atoms with Crippen LogP contribution in [-0.2, 0) is 21.5 Å². The Morgan fingerprint density at radius 1 is 1.07 bits per heavy atom. The molecule has 0 saturated heterocycles. The summed E-state index contributed by atoms with van der Waals surface area (Å²) in [5, 5.41) is 0. The van der Waals surface area contributed by atoms with Gasteiger partial charge in [-0.25, -0.2) is 0 Å². The molecule has 0 radical (unpaired) electrons. The minimum atomic E-state index is -3.56. The summed E-state index contributed by atoms with van der Waals surface area (Å²) < 4.78 is 27.6. The maximum atomic E-state index is 12.7. The maximum Gasteiger partial charge on any atom is 0.306 e. The highest BCUT2D eigenvalue weighted by molar-refractivity contribution is 7.86. The average Bonchev–Trinajstić information content (AvgIpc) is 2.58. The van der Waals surface area contributed by atoms with Gasteiger partial charge in [-0.2, -0.15) is 8.42 Å². The zero-order valence-corrected chi connectivity index (χ0v) is 18.8. The van der Waals surface area contributed by atoms with E-state index in [-0.39, 0.29) is 11.7 Å². The lowest BCUT2D eigenvalue weighted by Crippen LogP contribution is -2.33. The number of benzene rings is 1. The second kappa shape index (κ2) is 12.8. The average molecular weight is 412 g/mol. The third-order valence-electron chi connectivity index (χ3n) is 4.45. The number of nitrogens with zero attached hydrogens (tertiary/aromatic N) is 1. The van der Waals surface area contributed by atoms with E-state index in [4.69, 9.17) is 4.18 Å². The summed E-state index contributed by atoms with van der Waals surface area (Å²) >= 11 is 0. The van der Waals surface area contributed by atoms with Crippen molar-refractivity contribution in [1.82, 2.24) is 4.90 Å². The maximum absolute atomic E-state index is 12.7. The van der Waals surface area contributed by atoms with Gasteiger partial charge in [0.2, 0.25) is 5.91 Å². The molecular weight excluding hydrogens is 374 g/mol. The smallest absolute Gasteiger partial charge is 0.306 e. The summed E-state index contributed by atoms with van der Waals surface area (Å²) in [5.41, 5.74) is 0.870. The first kappa shape index (κ1) is 24.5. The Kier molecular flexibility index (Phi) is 11.2. The first-order valence-corrected chi connectivity index (χ1v) is 12.3. The van der Waals surface area contributed by atoms with Crippen molar-refractivity contribution in [3.8, 4) is 5.75 Å². The van der Waals surface area contributed by atoms with Crippen LogP contribution in [0.4, 0.5) is 0 Å². The van der Waals surface area contributed by atoms with Gasteiger partial charge in [-0.1, -0.05) is 71.4 Å². The number of amides is 1. The number of carbonyl (C=O) groups is 1. The van der Waals surface area contributed by atoms with Gasteiger partial charge in [0.05, 0.1) is 6.26 Å². The Labute approximate surface area is 171 Å². The molecule has 0 unspecified atom stereocenters. The molecule has 1 rings (SSSR count). The van der Waals surface area contributed by atoms with Crippen molar-refractivity contribution in [2.24, 2.45) is 5.92 Å². The lowest BCUT2D eigenvalue weighted by molar-refractivity contribution is -0.132. The van der Waals surface area contributed by atoms with E-state index in [0.717, 1.165) is 24.7 Å². The summed E-state index contributed by atoms with van der Waals surface area (Å²) in [4.78, 5) is 14.6. The highest BCUT2D eigenvalue weighted by Crippen LogP contribution is 2.18. The topological polar surface area (TPSA) is 63.7 Å². The fourth-order valence-corrected chi connectivity index (χ4v) is 3.63. The van der Waals surface area contributed by atoms with Crippen LogP contribution in [0.25, 0.3) is 0 Å². The van der Waals surface area contributed by atoms with Crippen molar-refractivity contribution in [2.45, 2.75) is 78.7 Å². The lowest BCUT2D eigenvalue weighted by Gasteiger charge is -2.25. The minimum absolute atomic E-state index is 0.164. The molecule has 160 valence electrons. The highest BCUT2D eigenvalue weighted by atomic mass is 32.2. The van der Waals surface area contributed by atoms with E-state index >= 15 is 0 Å². The molecule has 1 aromatic rings. The number of carbonyl (C=O) groups excluding carboxylic acids is 1. The zero-order chi connectivity index (χ0) is 21.0. The van der Waals surface area contributed by atoms with Gasteiger partial charge in [0.25, 0.3) is 0 Å². The Bertz CT molecular complexity index is 686. The Balaban J connectivity index is 2.60. The zero-order valence-electron chi connectivity index (χ0n) is 17.9. The van der Waals surface area contributed by atoms with Crippen LogP contribution in [0.3, 0.4) is 0 Å². The molecule has 0 aliphatic carbocycles. The fraction of sp³-hybridized carbons (Fsp3) is 0.682. The van der Waals surface area contributed by atoms with Crippen LogP contribution in [-0.4, -0.2) is 32.0 Å². The van der Waals surface area contributed by atoms with Gasteiger partial charge in [0.1, 0.15) is 5.75 Å². The van der Waals surface area contributed by atoms with Crippen molar-refractivity contribution in [3.05, 3.63) is 29.8 Å². The Morgan fingerprint density at radius 2 is 1.71 bits per heavy atom. The van der Waals surface area contributed by atoms with Gasteiger partial charge in [0.15, 0.2) is 0 Å². The van der Waals surface area contributed by atoms with Gasteiger partial charge >= 0.3 is 10.1 Å². The molecule has 0 saturated carbocycles. The monoisotopic (exact) mass is 411 g/mol. The third kappa shape index (κ3) is 11.3. The largest absolute Gasteiger partial charge is 0.383 e. The molecule has 5 nitrogen and oxygen atoms in total. The molecule has 0 spiro atoms. The van der Waals surface area contributed by atoms with E-state index in [1.54, 1.807) is 18.2 Å². The van der Waals surface area contributed by atoms with E-state index in [2.05, 4.69) is 20.8 Å². The predicted molar refractivity (Wildman–Crippen MR) is 115 cm³/mol. The molecule has 0 fully saturated rings. The van der Waals surface area contributed by atoms with Crippen molar-refractivity contribution in [3.63, 3.8) is 0 Å². The van der Waals surface area contributed by atoms with Crippen LogP contribution in [0, 0.1) is 5.92 Å². The molecule has 0 aromatic heterocycles. The summed E-state index contributed by atoms with van der Waals surface area (Å²) in [6.45, 7) is 7.56. The van der Waals surface area contributed by atoms with E-state index in [1.165, 1.54) is 32.1 Å². The van der Waals surface area contributed by atoms with Crippen LogP contribution >= 0.6 is 0 Å². The van der Waals surface area contributed by atoms with Crippen LogP contribution < -0.4 is 4.18 Å². The molecule has 0 atom stereocenters. The van der Waals surface area contributed by atoms with E-state index < -0.39 is 10.1 Å². The minimum Gasteiger partial charge on any atom is -0.383 e. The summed E-state index contributed by atoms with van der Waals surface area (Å²) in [5.74, 6) is 0.814. The van der Waals surface area contributed by atoms with Crippen molar-refractivity contribution in [2.75, 3.05) is 12.8 Å². The number of hydrogen-bond donors (Lipinski definition) is 0. The Hall–Kier alpha value is -1.56. The molecule has 0 aliphatic heterocycles. The second-order valence-corrected chi connectivity index (χ2v) is 9.55. The van der Waals surface area contributed by atoms with E-state index in [0.29, 0.717) is 25.4 Å². The molecule has 0 N–H and O–H groups in total. The van der Waals surface area contributed by atoms with Crippen molar-refractivity contribution in [1.29, 1.82) is 0 Å². The fourth-order valence-electron chi connectivity index (χ4n) is 3.18. The first-order valence-electron chi connectivity index (χ1n) is 10.5. The first-order chi connectivity index (χ1) is 13.2. The quantitative estimate of drug-likeness (QED) is 0.314. The molecule has 28 heavy (non-hydrogen) atoms. The van der Waals surface area contributed by atoms with Crippen LogP contribution in [0.5, 0.6) is 5.75 Å². The van der Waals surface area contributed by atoms with Gasteiger partial charge in [-0.15, -0.1) is 0 Å². The molecule has 1 amide bonds. The molecule has 6 heteroatoms. The lowest BCUT2D eigenvalue weighted by atomic mass is 10.1. The van der Waals surface area contributed by atoms with Crippen LogP contribution in [0.15, 0.2) is 24.3 Å². The Morgan fingerprint density at radius 3 is 2.32 bits per heavy atom. The number of hydrogen-bond acceptors (Lipinski definition) is 4. The third-order valence-corrected chi connectivity index (χ3v) is 4.95. The summed E-state index contributed by atoms with van der Waals surface area (Å²) in [7, 11) is -3.56. The van der Waals surface area contributed by atoms with Crippen LogP contribution in [0.2, 0.25) is 0 Å². The van der Waals surface area contributed by atoms with Gasteiger partial charge in [0, 0.05) is 19.5 Å². The van der Waals surface area contributed by atoms with Crippen molar-refractivity contribution >= 4 is 16.0 Å². The summed E-state index contributed by atoms with van der Waals surface area (Å²) in [6, 6.07) is 6.95. The number of unbranched alkanes of at least 4 members (excludes halogenated alkanes) is 6. The normalized spacial score (nSPS) is 11.6. The predicted octanol–water partition coefficient (Wildman–Crippen LogP) is 5.15.